The van der Waals surface area contributed by atoms with Crippen LogP contribution in [0.5, 0.6) is 11.5 Å². The minimum Gasteiger partial charge on any atom is -0.493 e. The Balaban J connectivity index is 1.54. The number of Topliss-reactive ketones (excluding diaryl/α,β-unsaturated/α-hetero) is 1. The van der Waals surface area contributed by atoms with E-state index in [-0.39, 0.29) is 24.0 Å². The number of aryl methyl sites for hydroxylation is 1. The van der Waals surface area contributed by atoms with Gasteiger partial charge in [-0.1, -0.05) is 35.9 Å². The highest BCUT2D eigenvalue weighted by Crippen LogP contribution is 2.46. The molecule has 2 atom stereocenters. The monoisotopic (exact) mass is 526 g/mol. The average molecular weight is 527 g/mol. The molecule has 3 aromatic rings. The van der Waals surface area contributed by atoms with Crippen molar-refractivity contribution in [3.05, 3.63) is 112 Å². The van der Waals surface area contributed by atoms with Crippen molar-refractivity contribution in [2.45, 2.75) is 38.5 Å². The first-order valence-corrected chi connectivity index (χ1v) is 12.9. The van der Waals surface area contributed by atoms with Crippen LogP contribution in [-0.2, 0) is 9.59 Å². The molecule has 6 nitrogen and oxygen atoms in total. The standard InChI is InChI=1S/C32H31FN2O4/c1-18-8-11-24(12-9-18)35-32(37)29-19(2)34-25-15-22(20-10-13-27(38-3)28(17-20)39-4)16-26(36)31(25)30(29)21-6-5-7-23(33)14-21/h5-14,17,22,30,34H,15-16H2,1-4H3,(H,35,37)/t22-,30+/m0/s1. The normalized spacial score (nSPS) is 18.8. The number of allylic oxidation sites excluding steroid dienone is 3. The van der Waals surface area contributed by atoms with Crippen LogP contribution >= 0.6 is 0 Å². The SMILES string of the molecule is COc1ccc([C@@H]2CC(=O)C3=C(C2)NC(C)=C(C(=O)Nc2ccc(C)cc2)[C@H]3c2cccc(F)c2)cc1OC. The summed E-state index contributed by atoms with van der Waals surface area (Å²) in [6.45, 7) is 3.80. The second kappa shape index (κ2) is 10.8. The van der Waals surface area contributed by atoms with E-state index in [1.807, 2.05) is 56.3 Å². The van der Waals surface area contributed by atoms with Crippen molar-refractivity contribution in [3.63, 3.8) is 0 Å². The third kappa shape index (κ3) is 5.17. The lowest BCUT2D eigenvalue weighted by Gasteiger charge is -2.37. The molecule has 2 aliphatic rings. The van der Waals surface area contributed by atoms with Crippen LogP contribution in [0, 0.1) is 12.7 Å². The van der Waals surface area contributed by atoms with Gasteiger partial charge < -0.3 is 20.1 Å². The summed E-state index contributed by atoms with van der Waals surface area (Å²) in [5.41, 5.74) is 5.54. The van der Waals surface area contributed by atoms with Crippen LogP contribution in [0.1, 0.15) is 48.3 Å². The summed E-state index contributed by atoms with van der Waals surface area (Å²) >= 11 is 0. The molecule has 7 heteroatoms. The molecular weight excluding hydrogens is 495 g/mol. The number of nitrogens with one attached hydrogen (secondary N) is 2. The van der Waals surface area contributed by atoms with Crippen molar-refractivity contribution in [1.29, 1.82) is 0 Å². The molecule has 200 valence electrons. The van der Waals surface area contributed by atoms with E-state index >= 15 is 0 Å². The van der Waals surface area contributed by atoms with Gasteiger partial charge in [-0.15, -0.1) is 0 Å². The number of hydrogen-bond acceptors (Lipinski definition) is 5. The topological polar surface area (TPSA) is 76.7 Å². The molecule has 2 N–H and O–H groups in total. The van der Waals surface area contributed by atoms with Crippen LogP contribution in [0.25, 0.3) is 0 Å². The van der Waals surface area contributed by atoms with Gasteiger partial charge in [-0.05, 0) is 73.7 Å². The van der Waals surface area contributed by atoms with E-state index in [4.69, 9.17) is 9.47 Å². The highest BCUT2D eigenvalue weighted by Gasteiger charge is 2.41. The second-order valence-corrected chi connectivity index (χ2v) is 10.0. The summed E-state index contributed by atoms with van der Waals surface area (Å²) in [5, 5.41) is 6.33. The molecule has 0 saturated heterocycles. The van der Waals surface area contributed by atoms with Crippen molar-refractivity contribution in [2.24, 2.45) is 0 Å². The minimum absolute atomic E-state index is 0.0778. The van der Waals surface area contributed by atoms with Crippen LogP contribution in [-0.4, -0.2) is 25.9 Å². The highest BCUT2D eigenvalue weighted by atomic mass is 19.1. The zero-order valence-corrected chi connectivity index (χ0v) is 22.4. The predicted molar refractivity (Wildman–Crippen MR) is 148 cm³/mol. The number of carbonyl (C=O) groups excluding carboxylic acids is 2. The molecule has 0 radical (unpaired) electrons. The van der Waals surface area contributed by atoms with E-state index in [1.165, 1.54) is 12.1 Å². The molecule has 0 spiro atoms. The van der Waals surface area contributed by atoms with Gasteiger partial charge in [0.15, 0.2) is 17.3 Å². The number of ether oxygens (including phenoxy) is 2. The first-order chi connectivity index (χ1) is 18.8. The average Bonchev–Trinajstić information content (AvgIpc) is 2.92. The molecule has 5 rings (SSSR count). The lowest BCUT2D eigenvalue weighted by molar-refractivity contribution is -0.116. The summed E-state index contributed by atoms with van der Waals surface area (Å²) in [7, 11) is 3.16. The van der Waals surface area contributed by atoms with Crippen molar-refractivity contribution in [3.8, 4) is 11.5 Å². The van der Waals surface area contributed by atoms with E-state index in [0.29, 0.717) is 46.0 Å². The smallest absolute Gasteiger partial charge is 0.254 e. The van der Waals surface area contributed by atoms with Gasteiger partial charge in [0.2, 0.25) is 0 Å². The quantitative estimate of drug-likeness (QED) is 0.403. The van der Waals surface area contributed by atoms with Crippen LogP contribution < -0.4 is 20.1 Å². The van der Waals surface area contributed by atoms with Gasteiger partial charge in [0.25, 0.3) is 5.91 Å². The summed E-state index contributed by atoms with van der Waals surface area (Å²) in [6, 6.07) is 19.3. The number of benzene rings is 3. The maximum atomic E-state index is 14.4. The van der Waals surface area contributed by atoms with Crippen molar-refractivity contribution >= 4 is 17.4 Å². The number of amides is 1. The summed E-state index contributed by atoms with van der Waals surface area (Å²) in [6.07, 6.45) is 0.820. The fourth-order valence-electron chi connectivity index (χ4n) is 5.54. The molecular formula is C32H31FN2O4. The predicted octanol–water partition coefficient (Wildman–Crippen LogP) is 6.15. The van der Waals surface area contributed by atoms with Gasteiger partial charge in [-0.3, -0.25) is 9.59 Å². The number of ketones is 1. The van der Waals surface area contributed by atoms with E-state index in [2.05, 4.69) is 10.6 Å². The Kier molecular flexibility index (Phi) is 7.24. The van der Waals surface area contributed by atoms with Crippen LogP contribution in [0.15, 0.2) is 89.3 Å². The fourth-order valence-corrected chi connectivity index (χ4v) is 5.54. The Hall–Kier alpha value is -4.39. The van der Waals surface area contributed by atoms with Crippen LogP contribution in [0.3, 0.4) is 0 Å². The lowest BCUT2D eigenvalue weighted by atomic mass is 9.71. The van der Waals surface area contributed by atoms with E-state index in [0.717, 1.165) is 16.8 Å². The minimum atomic E-state index is -0.693. The molecule has 1 amide bonds. The number of carbonyl (C=O) groups is 2. The molecule has 1 aliphatic heterocycles. The number of hydrogen-bond donors (Lipinski definition) is 2. The first kappa shape index (κ1) is 26.2. The Bertz CT molecular complexity index is 1510. The second-order valence-electron chi connectivity index (χ2n) is 10.0. The molecule has 39 heavy (non-hydrogen) atoms. The maximum absolute atomic E-state index is 14.4. The largest absolute Gasteiger partial charge is 0.493 e. The van der Waals surface area contributed by atoms with Crippen molar-refractivity contribution in [1.82, 2.24) is 5.32 Å². The van der Waals surface area contributed by atoms with Gasteiger partial charge in [-0.25, -0.2) is 4.39 Å². The molecule has 0 bridgehead atoms. The molecule has 0 fully saturated rings. The summed E-state index contributed by atoms with van der Waals surface area (Å²) in [4.78, 5) is 27.5. The molecule has 3 aromatic carbocycles. The van der Waals surface area contributed by atoms with Crippen molar-refractivity contribution in [2.75, 3.05) is 19.5 Å². The number of methoxy groups -OCH3 is 2. The third-order valence-electron chi connectivity index (χ3n) is 7.44. The van der Waals surface area contributed by atoms with Crippen molar-refractivity contribution < 1.29 is 23.5 Å². The van der Waals surface area contributed by atoms with Gasteiger partial charge >= 0.3 is 0 Å². The number of dihydropyridines is 1. The third-order valence-corrected chi connectivity index (χ3v) is 7.44. The van der Waals surface area contributed by atoms with Gasteiger partial charge in [0.1, 0.15) is 5.82 Å². The van der Waals surface area contributed by atoms with Gasteiger partial charge in [0, 0.05) is 40.6 Å². The van der Waals surface area contributed by atoms with E-state index in [1.54, 1.807) is 26.4 Å². The Morgan fingerprint density at radius 3 is 2.36 bits per heavy atom. The van der Waals surface area contributed by atoms with Crippen LogP contribution in [0.4, 0.5) is 10.1 Å². The first-order valence-electron chi connectivity index (χ1n) is 12.9. The lowest BCUT2D eigenvalue weighted by Crippen LogP contribution is -2.37. The number of anilines is 1. The summed E-state index contributed by atoms with van der Waals surface area (Å²) in [5.74, 6) is -0.398. The molecule has 1 heterocycles. The van der Waals surface area contributed by atoms with Gasteiger partial charge in [0.05, 0.1) is 14.2 Å². The maximum Gasteiger partial charge on any atom is 0.254 e. The Morgan fingerprint density at radius 2 is 1.67 bits per heavy atom. The summed E-state index contributed by atoms with van der Waals surface area (Å²) < 4.78 is 25.3. The number of halogens is 1. The van der Waals surface area contributed by atoms with E-state index in [9.17, 15) is 14.0 Å². The molecule has 0 unspecified atom stereocenters. The fraction of sp³-hybridized carbons (Fsp3) is 0.250. The molecule has 0 saturated carbocycles. The Labute approximate surface area is 227 Å². The van der Waals surface area contributed by atoms with E-state index < -0.39 is 11.7 Å². The Morgan fingerprint density at radius 1 is 0.923 bits per heavy atom. The molecule has 0 aromatic heterocycles. The highest BCUT2D eigenvalue weighted by molar-refractivity contribution is 6.10. The molecule has 1 aliphatic carbocycles. The number of rotatable bonds is 6. The van der Waals surface area contributed by atoms with Crippen LogP contribution in [0.2, 0.25) is 0 Å². The zero-order chi connectivity index (χ0) is 27.7. The zero-order valence-electron chi connectivity index (χ0n) is 22.4. The van der Waals surface area contributed by atoms with Gasteiger partial charge in [-0.2, -0.15) is 0 Å².